The Morgan fingerprint density at radius 1 is 1.17 bits per heavy atom. The van der Waals surface area contributed by atoms with Crippen LogP contribution in [0.15, 0.2) is 35.9 Å². The van der Waals surface area contributed by atoms with Crippen LogP contribution in [-0.4, -0.2) is 24.8 Å². The van der Waals surface area contributed by atoms with E-state index in [4.69, 9.17) is 42.5 Å². The Kier molecular flexibility index (Phi) is 4.55. The largest absolute Gasteiger partial charge is 0.497 e. The molecule has 0 saturated heterocycles. The molecule has 1 heterocycles. The Balaban J connectivity index is 1.92. The van der Waals surface area contributed by atoms with E-state index in [-0.39, 0.29) is 12.2 Å². The molecule has 0 aromatic heterocycles. The van der Waals surface area contributed by atoms with Gasteiger partial charge in [0.1, 0.15) is 29.6 Å². The van der Waals surface area contributed by atoms with Gasteiger partial charge < -0.3 is 19.3 Å². The molecular formula is C17H12Cl2O5. The topological polar surface area (TPSA) is 65.0 Å². The molecule has 0 bridgehead atoms. The third kappa shape index (κ3) is 3.27. The van der Waals surface area contributed by atoms with Crippen molar-refractivity contribution in [3.05, 3.63) is 51.5 Å². The molecule has 1 N–H and O–H groups in total. The molecule has 0 aliphatic carbocycles. The van der Waals surface area contributed by atoms with E-state index in [1.807, 2.05) is 0 Å². The van der Waals surface area contributed by atoms with E-state index in [0.29, 0.717) is 38.6 Å². The molecule has 1 aliphatic rings. The maximum absolute atomic E-state index is 11.0. The van der Waals surface area contributed by atoms with Crippen LogP contribution in [0.5, 0.6) is 23.0 Å². The zero-order chi connectivity index (χ0) is 17.3. The molecule has 0 atom stereocenters. The number of aliphatic carboxylic acids is 1. The summed E-state index contributed by atoms with van der Waals surface area (Å²) < 4.78 is 16.3. The first-order valence-corrected chi connectivity index (χ1v) is 7.65. The molecule has 7 heteroatoms. The van der Waals surface area contributed by atoms with E-state index < -0.39 is 5.97 Å². The lowest BCUT2D eigenvalue weighted by Gasteiger charge is -2.18. The number of fused-ring (bicyclic) bond motifs is 1. The van der Waals surface area contributed by atoms with Crippen LogP contribution < -0.4 is 14.2 Å². The molecule has 124 valence electrons. The Hall–Kier alpha value is -2.37. The molecule has 2 aromatic rings. The molecule has 0 radical (unpaired) electrons. The van der Waals surface area contributed by atoms with Gasteiger partial charge in [0, 0.05) is 17.7 Å². The molecule has 0 saturated carbocycles. The summed E-state index contributed by atoms with van der Waals surface area (Å²) in [7, 11) is 1.54. The van der Waals surface area contributed by atoms with E-state index in [2.05, 4.69) is 0 Å². The molecule has 0 amide bonds. The summed E-state index contributed by atoms with van der Waals surface area (Å²) >= 11 is 12.4. The van der Waals surface area contributed by atoms with Crippen LogP contribution in [0.1, 0.15) is 5.56 Å². The first-order chi connectivity index (χ1) is 11.5. The summed E-state index contributed by atoms with van der Waals surface area (Å²) in [5.74, 6) is 0.844. The van der Waals surface area contributed by atoms with Crippen molar-refractivity contribution in [2.75, 3.05) is 13.7 Å². The van der Waals surface area contributed by atoms with Crippen LogP contribution in [0, 0.1) is 0 Å². The van der Waals surface area contributed by atoms with Crippen molar-refractivity contribution in [3.63, 3.8) is 0 Å². The van der Waals surface area contributed by atoms with E-state index in [9.17, 15) is 4.79 Å². The minimum absolute atomic E-state index is 0.0211. The first-order valence-electron chi connectivity index (χ1n) is 6.89. The molecule has 5 nitrogen and oxygen atoms in total. The average molecular weight is 367 g/mol. The van der Waals surface area contributed by atoms with Gasteiger partial charge in [-0.1, -0.05) is 23.2 Å². The maximum atomic E-state index is 11.0. The van der Waals surface area contributed by atoms with E-state index in [1.165, 1.54) is 6.08 Å². The number of carboxylic acid groups (broad SMARTS) is 1. The Bertz CT molecular complexity index is 845. The molecule has 0 unspecified atom stereocenters. The van der Waals surface area contributed by atoms with E-state index in [0.717, 1.165) is 0 Å². The van der Waals surface area contributed by atoms with Gasteiger partial charge in [0.25, 0.3) is 0 Å². The summed E-state index contributed by atoms with van der Waals surface area (Å²) in [4.78, 5) is 11.0. The van der Waals surface area contributed by atoms with Gasteiger partial charge in [0.15, 0.2) is 0 Å². The Morgan fingerprint density at radius 3 is 2.58 bits per heavy atom. The van der Waals surface area contributed by atoms with Crippen molar-refractivity contribution in [2.24, 2.45) is 0 Å². The normalized spacial score (nSPS) is 12.7. The van der Waals surface area contributed by atoms with Crippen LogP contribution in [0.25, 0.3) is 6.08 Å². The molecular weight excluding hydrogens is 355 g/mol. The number of carboxylic acids is 1. The van der Waals surface area contributed by atoms with Gasteiger partial charge in [0.05, 0.1) is 22.7 Å². The molecule has 2 aromatic carbocycles. The van der Waals surface area contributed by atoms with E-state index >= 15 is 0 Å². The number of rotatable bonds is 4. The number of ether oxygens (including phenoxy) is 3. The zero-order valence-electron chi connectivity index (χ0n) is 12.5. The highest BCUT2D eigenvalue weighted by Crippen LogP contribution is 2.40. The summed E-state index contributed by atoms with van der Waals surface area (Å²) in [6.07, 6.45) is 1.52. The zero-order valence-corrected chi connectivity index (χ0v) is 14.0. The molecule has 1 aliphatic heterocycles. The van der Waals surface area contributed by atoms with E-state index in [1.54, 1.807) is 37.4 Å². The highest BCUT2D eigenvalue weighted by atomic mass is 35.5. The summed E-state index contributed by atoms with van der Waals surface area (Å²) in [6, 6.07) is 8.20. The van der Waals surface area contributed by atoms with Crippen LogP contribution in [0.3, 0.4) is 0 Å². The SMILES string of the molecule is COc1ccc(Oc2cc3c(cc2Cl)C=C(C(=O)O)CO3)c(Cl)c1. The van der Waals surface area contributed by atoms with Crippen molar-refractivity contribution < 1.29 is 24.1 Å². The minimum atomic E-state index is -1.03. The molecule has 3 rings (SSSR count). The molecule has 0 spiro atoms. The number of halogens is 2. The van der Waals surface area contributed by atoms with Crippen LogP contribution >= 0.6 is 23.2 Å². The van der Waals surface area contributed by atoms with Crippen molar-refractivity contribution in [1.82, 2.24) is 0 Å². The smallest absolute Gasteiger partial charge is 0.335 e. The summed E-state index contributed by atoms with van der Waals surface area (Å²) in [5.41, 5.74) is 0.738. The molecule has 24 heavy (non-hydrogen) atoms. The van der Waals surface area contributed by atoms with Gasteiger partial charge >= 0.3 is 5.97 Å². The highest BCUT2D eigenvalue weighted by molar-refractivity contribution is 6.33. The number of methoxy groups -OCH3 is 1. The van der Waals surface area contributed by atoms with Crippen molar-refractivity contribution in [3.8, 4) is 23.0 Å². The third-order valence-electron chi connectivity index (χ3n) is 3.41. The quantitative estimate of drug-likeness (QED) is 0.852. The summed E-state index contributed by atoms with van der Waals surface area (Å²) in [5, 5.41) is 9.71. The van der Waals surface area contributed by atoms with Crippen molar-refractivity contribution in [1.29, 1.82) is 0 Å². The fourth-order valence-electron chi connectivity index (χ4n) is 2.18. The van der Waals surface area contributed by atoms with Gasteiger partial charge in [-0.2, -0.15) is 0 Å². The second-order valence-electron chi connectivity index (χ2n) is 4.98. The maximum Gasteiger partial charge on any atom is 0.335 e. The fraction of sp³-hybridized carbons (Fsp3) is 0.118. The number of hydrogen-bond acceptors (Lipinski definition) is 4. The Morgan fingerprint density at radius 2 is 1.92 bits per heavy atom. The van der Waals surface area contributed by atoms with Crippen molar-refractivity contribution in [2.45, 2.75) is 0 Å². The lowest BCUT2D eigenvalue weighted by Crippen LogP contribution is -2.14. The Labute approximate surface area is 148 Å². The number of hydrogen-bond donors (Lipinski definition) is 1. The fourth-order valence-corrected chi connectivity index (χ4v) is 2.60. The van der Waals surface area contributed by atoms with Gasteiger partial charge in [-0.15, -0.1) is 0 Å². The van der Waals surface area contributed by atoms with Crippen LogP contribution in [-0.2, 0) is 4.79 Å². The minimum Gasteiger partial charge on any atom is -0.497 e. The first kappa shape index (κ1) is 16.5. The predicted molar refractivity (Wildman–Crippen MR) is 90.6 cm³/mol. The van der Waals surface area contributed by atoms with Crippen LogP contribution in [0.4, 0.5) is 0 Å². The second-order valence-corrected chi connectivity index (χ2v) is 5.80. The summed E-state index contributed by atoms with van der Waals surface area (Å²) in [6.45, 7) is -0.0211. The van der Waals surface area contributed by atoms with Crippen LogP contribution in [0.2, 0.25) is 10.0 Å². The number of carbonyl (C=O) groups is 1. The van der Waals surface area contributed by atoms with Crippen molar-refractivity contribution >= 4 is 35.2 Å². The predicted octanol–water partition coefficient (Wildman–Crippen LogP) is 4.65. The average Bonchev–Trinajstić information content (AvgIpc) is 2.56. The van der Waals surface area contributed by atoms with Gasteiger partial charge in [-0.3, -0.25) is 0 Å². The van der Waals surface area contributed by atoms with Gasteiger partial charge in [0.2, 0.25) is 0 Å². The lowest BCUT2D eigenvalue weighted by atomic mass is 10.1. The highest BCUT2D eigenvalue weighted by Gasteiger charge is 2.19. The standard InChI is InChI=1S/C17H12Cl2O5/c1-22-11-2-3-14(13(19)6-11)24-16-7-15-9(5-12(16)18)4-10(8-23-15)17(20)21/h2-7H,8H2,1H3,(H,20,21). The van der Waals surface area contributed by atoms with Gasteiger partial charge in [-0.25, -0.2) is 4.79 Å². The number of benzene rings is 2. The third-order valence-corrected chi connectivity index (χ3v) is 4.00. The molecule has 0 fully saturated rings. The van der Waals surface area contributed by atoms with Gasteiger partial charge in [-0.05, 0) is 24.3 Å². The second kappa shape index (κ2) is 6.63. The lowest BCUT2D eigenvalue weighted by molar-refractivity contribution is -0.132. The monoisotopic (exact) mass is 366 g/mol.